The molecule has 0 unspecified atom stereocenters. The zero-order chi connectivity index (χ0) is 11.4. The molecule has 5 heteroatoms. The minimum Gasteiger partial charge on any atom is -0.317 e. The Bertz CT molecular complexity index is 335. The SMILES string of the molecule is Cc1cc(F)cc(CNC2CCNCC2)c1.Cl.Cl. The molecule has 1 heterocycles. The summed E-state index contributed by atoms with van der Waals surface area (Å²) >= 11 is 0. The van der Waals surface area contributed by atoms with Gasteiger partial charge in [-0.15, -0.1) is 24.8 Å². The van der Waals surface area contributed by atoms with Gasteiger partial charge in [-0.05, 0) is 56.1 Å². The van der Waals surface area contributed by atoms with Crippen molar-refractivity contribution in [2.45, 2.75) is 32.4 Å². The Morgan fingerprint density at radius 2 is 1.89 bits per heavy atom. The van der Waals surface area contributed by atoms with Gasteiger partial charge in [-0.1, -0.05) is 6.07 Å². The van der Waals surface area contributed by atoms with Gasteiger partial charge in [0.05, 0.1) is 0 Å². The minimum absolute atomic E-state index is 0. The third-order valence-corrected chi connectivity index (χ3v) is 3.04. The Morgan fingerprint density at radius 1 is 1.22 bits per heavy atom. The lowest BCUT2D eigenvalue weighted by atomic mass is 10.1. The fourth-order valence-corrected chi connectivity index (χ4v) is 2.20. The first kappa shape index (κ1) is 17.6. The van der Waals surface area contributed by atoms with Gasteiger partial charge in [0.2, 0.25) is 0 Å². The van der Waals surface area contributed by atoms with E-state index in [1.165, 1.54) is 0 Å². The molecule has 2 rings (SSSR count). The highest BCUT2D eigenvalue weighted by Crippen LogP contribution is 2.09. The number of halogens is 3. The van der Waals surface area contributed by atoms with Crippen LogP contribution in [0.5, 0.6) is 0 Å². The highest BCUT2D eigenvalue weighted by atomic mass is 35.5. The average Bonchev–Trinajstić information content (AvgIpc) is 2.27. The maximum Gasteiger partial charge on any atom is 0.123 e. The standard InChI is InChI=1S/C13H19FN2.2ClH/c1-10-6-11(8-12(14)7-10)9-16-13-2-4-15-5-3-13;;/h6-8,13,15-16H,2-5,9H2,1H3;2*1H. The maximum absolute atomic E-state index is 13.2. The molecule has 2 N–H and O–H groups in total. The third kappa shape index (κ3) is 5.53. The molecule has 0 spiro atoms. The zero-order valence-electron chi connectivity index (χ0n) is 10.5. The van der Waals surface area contributed by atoms with Crippen molar-refractivity contribution >= 4 is 24.8 Å². The first-order valence-electron chi connectivity index (χ1n) is 5.94. The van der Waals surface area contributed by atoms with Gasteiger partial charge in [0.25, 0.3) is 0 Å². The molecule has 2 nitrogen and oxygen atoms in total. The normalized spacial score (nSPS) is 15.7. The van der Waals surface area contributed by atoms with E-state index in [2.05, 4.69) is 10.6 Å². The quantitative estimate of drug-likeness (QED) is 0.896. The van der Waals surface area contributed by atoms with Crippen molar-refractivity contribution in [2.24, 2.45) is 0 Å². The number of benzene rings is 1. The molecular weight excluding hydrogens is 274 g/mol. The monoisotopic (exact) mass is 294 g/mol. The van der Waals surface area contributed by atoms with E-state index in [4.69, 9.17) is 0 Å². The number of nitrogens with one attached hydrogen (secondary N) is 2. The molecule has 0 aliphatic carbocycles. The van der Waals surface area contributed by atoms with E-state index in [-0.39, 0.29) is 30.6 Å². The number of rotatable bonds is 3. The van der Waals surface area contributed by atoms with Crippen molar-refractivity contribution in [3.05, 3.63) is 35.1 Å². The molecule has 0 atom stereocenters. The molecule has 1 saturated heterocycles. The van der Waals surface area contributed by atoms with Crippen molar-refractivity contribution in [2.75, 3.05) is 13.1 Å². The topological polar surface area (TPSA) is 24.1 Å². The molecule has 0 saturated carbocycles. The highest BCUT2D eigenvalue weighted by molar-refractivity contribution is 5.85. The second-order valence-corrected chi connectivity index (χ2v) is 4.54. The Morgan fingerprint density at radius 3 is 2.50 bits per heavy atom. The summed E-state index contributed by atoms with van der Waals surface area (Å²) in [5.41, 5.74) is 2.03. The summed E-state index contributed by atoms with van der Waals surface area (Å²) in [6.45, 7) is 4.86. The summed E-state index contributed by atoms with van der Waals surface area (Å²) in [4.78, 5) is 0. The molecule has 0 bridgehead atoms. The van der Waals surface area contributed by atoms with Crippen LogP contribution in [0, 0.1) is 12.7 Å². The first-order chi connectivity index (χ1) is 7.74. The van der Waals surface area contributed by atoms with Crippen LogP contribution in [0.3, 0.4) is 0 Å². The van der Waals surface area contributed by atoms with Gasteiger partial charge in [0, 0.05) is 12.6 Å². The lowest BCUT2D eigenvalue weighted by Gasteiger charge is -2.23. The molecule has 1 aliphatic rings. The summed E-state index contributed by atoms with van der Waals surface area (Å²) in [5, 5.41) is 6.82. The second kappa shape index (κ2) is 8.70. The van der Waals surface area contributed by atoms with Crippen LogP contribution in [0.1, 0.15) is 24.0 Å². The first-order valence-corrected chi connectivity index (χ1v) is 5.94. The van der Waals surface area contributed by atoms with Crippen LogP contribution >= 0.6 is 24.8 Å². The van der Waals surface area contributed by atoms with Crippen LogP contribution in [-0.4, -0.2) is 19.1 Å². The van der Waals surface area contributed by atoms with Gasteiger partial charge in [0.15, 0.2) is 0 Å². The van der Waals surface area contributed by atoms with Crippen LogP contribution in [0.15, 0.2) is 18.2 Å². The zero-order valence-corrected chi connectivity index (χ0v) is 12.2. The predicted octanol–water partition coefficient (Wildman–Crippen LogP) is 2.82. The van der Waals surface area contributed by atoms with Crippen LogP contribution in [-0.2, 0) is 6.54 Å². The van der Waals surface area contributed by atoms with Crippen molar-refractivity contribution in [3.63, 3.8) is 0 Å². The van der Waals surface area contributed by atoms with Gasteiger partial charge >= 0.3 is 0 Å². The number of aryl methyl sites for hydroxylation is 1. The van der Waals surface area contributed by atoms with Gasteiger partial charge in [-0.3, -0.25) is 0 Å². The molecule has 1 aromatic rings. The van der Waals surface area contributed by atoms with E-state index >= 15 is 0 Å². The van der Waals surface area contributed by atoms with Crippen LogP contribution in [0.2, 0.25) is 0 Å². The largest absolute Gasteiger partial charge is 0.317 e. The van der Waals surface area contributed by atoms with Gasteiger partial charge in [-0.2, -0.15) is 0 Å². The van der Waals surface area contributed by atoms with Crippen molar-refractivity contribution in [3.8, 4) is 0 Å². The predicted molar refractivity (Wildman–Crippen MR) is 78.4 cm³/mol. The van der Waals surface area contributed by atoms with E-state index in [1.807, 2.05) is 13.0 Å². The molecule has 0 aromatic heterocycles. The summed E-state index contributed by atoms with van der Waals surface area (Å²) in [6, 6.07) is 5.79. The summed E-state index contributed by atoms with van der Waals surface area (Å²) < 4.78 is 13.2. The molecule has 1 aromatic carbocycles. The lowest BCUT2D eigenvalue weighted by molar-refractivity contribution is 0.386. The highest BCUT2D eigenvalue weighted by Gasteiger charge is 2.11. The van der Waals surface area contributed by atoms with E-state index in [0.29, 0.717) is 6.04 Å². The van der Waals surface area contributed by atoms with Gasteiger partial charge in [-0.25, -0.2) is 4.39 Å². The van der Waals surface area contributed by atoms with E-state index in [9.17, 15) is 4.39 Å². The Hall–Kier alpha value is -0.350. The number of hydrogen-bond acceptors (Lipinski definition) is 2. The van der Waals surface area contributed by atoms with Crippen LogP contribution in [0.4, 0.5) is 4.39 Å². The summed E-state index contributed by atoms with van der Waals surface area (Å²) in [5.74, 6) is -0.137. The molecule has 104 valence electrons. The minimum atomic E-state index is -0.137. The maximum atomic E-state index is 13.2. The van der Waals surface area contributed by atoms with Crippen molar-refractivity contribution in [1.29, 1.82) is 0 Å². The summed E-state index contributed by atoms with van der Waals surface area (Å²) in [7, 11) is 0. The molecule has 1 fully saturated rings. The fourth-order valence-electron chi connectivity index (χ4n) is 2.20. The molecule has 1 aliphatic heterocycles. The van der Waals surface area contributed by atoms with Crippen LogP contribution in [0.25, 0.3) is 0 Å². The second-order valence-electron chi connectivity index (χ2n) is 4.54. The van der Waals surface area contributed by atoms with Crippen molar-refractivity contribution in [1.82, 2.24) is 10.6 Å². The Balaban J connectivity index is 0.00000144. The van der Waals surface area contributed by atoms with E-state index in [1.54, 1.807) is 12.1 Å². The van der Waals surface area contributed by atoms with Gasteiger partial charge in [0.1, 0.15) is 5.82 Å². The molecular formula is C13H21Cl2FN2. The average molecular weight is 295 g/mol. The Kier molecular flexibility index (Phi) is 8.53. The van der Waals surface area contributed by atoms with E-state index < -0.39 is 0 Å². The summed E-state index contributed by atoms with van der Waals surface area (Å²) in [6.07, 6.45) is 2.32. The van der Waals surface area contributed by atoms with Crippen LogP contribution < -0.4 is 10.6 Å². The fraction of sp³-hybridized carbons (Fsp3) is 0.538. The molecule has 18 heavy (non-hydrogen) atoms. The molecule has 0 radical (unpaired) electrons. The third-order valence-electron chi connectivity index (χ3n) is 3.04. The Labute approximate surface area is 121 Å². The number of hydrogen-bond donors (Lipinski definition) is 2. The van der Waals surface area contributed by atoms with Crippen molar-refractivity contribution < 1.29 is 4.39 Å². The lowest BCUT2D eigenvalue weighted by Crippen LogP contribution is -2.39. The molecule has 0 amide bonds. The smallest absolute Gasteiger partial charge is 0.123 e. The number of piperidine rings is 1. The van der Waals surface area contributed by atoms with E-state index in [0.717, 1.165) is 43.6 Å². The van der Waals surface area contributed by atoms with Gasteiger partial charge < -0.3 is 10.6 Å².